The summed E-state index contributed by atoms with van der Waals surface area (Å²) < 4.78 is 37.5. The minimum atomic E-state index is -3.94. The second-order valence-electron chi connectivity index (χ2n) is 4.07. The average molecular weight is 325 g/mol. The number of carbonyl (C=O) groups is 1. The Bertz CT molecular complexity index is 548. The van der Waals surface area contributed by atoms with E-state index in [1.54, 1.807) is 0 Å². The fourth-order valence-electron chi connectivity index (χ4n) is 1.42. The number of hydrogen-bond acceptors (Lipinski definition) is 6. The molecule has 6 nitrogen and oxygen atoms in total. The summed E-state index contributed by atoms with van der Waals surface area (Å²) in [6.07, 6.45) is 1.98. The molecular formula is C12H17ClO6S. The van der Waals surface area contributed by atoms with Crippen molar-refractivity contribution in [3.8, 4) is 0 Å². The van der Waals surface area contributed by atoms with E-state index in [1.165, 1.54) is 6.92 Å². The third-order valence-corrected chi connectivity index (χ3v) is 3.87. The van der Waals surface area contributed by atoms with Crippen molar-refractivity contribution in [1.82, 2.24) is 0 Å². The number of hydrogen-bond donors (Lipinski definition) is 0. The van der Waals surface area contributed by atoms with Crippen LogP contribution in [0.1, 0.15) is 36.1 Å². The fourth-order valence-corrected chi connectivity index (χ4v) is 2.51. The van der Waals surface area contributed by atoms with Crippen LogP contribution in [0.15, 0.2) is 15.4 Å². The summed E-state index contributed by atoms with van der Waals surface area (Å²) in [6.45, 7) is 4.42. The molecule has 0 aliphatic carbocycles. The molecule has 0 amide bonds. The summed E-state index contributed by atoms with van der Waals surface area (Å²) in [7, 11) is 1.26. The Balaban J connectivity index is 2.49. The summed E-state index contributed by atoms with van der Waals surface area (Å²) in [5.74, 6) is -0.903. The van der Waals surface area contributed by atoms with Crippen LogP contribution in [-0.4, -0.2) is 34.2 Å². The zero-order valence-electron chi connectivity index (χ0n) is 11.3. The van der Waals surface area contributed by atoms with Gasteiger partial charge in [-0.25, -0.2) is 13.2 Å². The van der Waals surface area contributed by atoms with Gasteiger partial charge in [-0.1, -0.05) is 13.3 Å². The van der Waals surface area contributed by atoms with Gasteiger partial charge in [0, 0.05) is 23.4 Å². The first-order valence-corrected chi connectivity index (χ1v) is 8.47. The van der Waals surface area contributed by atoms with Gasteiger partial charge >= 0.3 is 5.97 Å². The van der Waals surface area contributed by atoms with Gasteiger partial charge in [0.2, 0.25) is 5.76 Å². The molecule has 1 heterocycles. The third kappa shape index (κ3) is 5.15. The maximum Gasteiger partial charge on any atom is 0.374 e. The molecule has 0 spiro atoms. The number of rotatable bonds is 8. The highest BCUT2D eigenvalue weighted by molar-refractivity contribution is 8.13. The Morgan fingerprint density at radius 2 is 2.05 bits per heavy atom. The number of esters is 1. The summed E-state index contributed by atoms with van der Waals surface area (Å²) in [4.78, 5) is 11.4. The molecule has 0 bridgehead atoms. The predicted octanol–water partition coefficient (Wildman–Crippen LogP) is 2.49. The Morgan fingerprint density at radius 3 is 2.60 bits per heavy atom. The van der Waals surface area contributed by atoms with Crippen molar-refractivity contribution in [1.29, 1.82) is 0 Å². The summed E-state index contributed by atoms with van der Waals surface area (Å²) in [6, 6.07) is 1.05. The highest BCUT2D eigenvalue weighted by Gasteiger charge is 2.22. The molecular weight excluding hydrogens is 308 g/mol. The monoisotopic (exact) mass is 324 g/mol. The topological polar surface area (TPSA) is 82.8 Å². The second kappa shape index (κ2) is 7.66. The lowest BCUT2D eigenvalue weighted by Gasteiger charge is -2.03. The molecule has 0 aliphatic heterocycles. The minimum Gasteiger partial charge on any atom is -0.457 e. The van der Waals surface area contributed by atoms with Gasteiger partial charge in [-0.3, -0.25) is 0 Å². The van der Waals surface area contributed by atoms with Crippen LogP contribution in [0, 0.1) is 6.92 Å². The number of furan rings is 1. The largest absolute Gasteiger partial charge is 0.457 e. The highest BCUT2D eigenvalue weighted by atomic mass is 35.7. The van der Waals surface area contributed by atoms with Gasteiger partial charge in [0.05, 0.1) is 6.61 Å². The number of halogens is 1. The van der Waals surface area contributed by atoms with E-state index in [9.17, 15) is 13.2 Å². The zero-order valence-corrected chi connectivity index (χ0v) is 12.9. The molecule has 114 valence electrons. The Morgan fingerprint density at radius 1 is 1.35 bits per heavy atom. The van der Waals surface area contributed by atoms with Crippen molar-refractivity contribution in [2.45, 2.75) is 31.6 Å². The third-order valence-electron chi connectivity index (χ3n) is 2.44. The number of carbonyl (C=O) groups excluding carboxylic acids is 1. The average Bonchev–Trinajstić information content (AvgIpc) is 2.75. The maximum atomic E-state index is 11.6. The van der Waals surface area contributed by atoms with E-state index >= 15 is 0 Å². The number of ether oxygens (including phenoxy) is 2. The van der Waals surface area contributed by atoms with E-state index in [0.717, 1.165) is 18.9 Å². The Labute approximate surface area is 122 Å². The van der Waals surface area contributed by atoms with Crippen LogP contribution in [0.2, 0.25) is 0 Å². The lowest BCUT2D eigenvalue weighted by molar-refractivity contribution is 0.0283. The molecule has 0 fully saturated rings. The van der Waals surface area contributed by atoms with Gasteiger partial charge in [-0.15, -0.1) is 0 Å². The normalized spacial score (nSPS) is 11.6. The van der Waals surface area contributed by atoms with Crippen molar-refractivity contribution in [2.24, 2.45) is 0 Å². The van der Waals surface area contributed by atoms with Crippen LogP contribution in [0.4, 0.5) is 0 Å². The smallest absolute Gasteiger partial charge is 0.374 e. The molecule has 0 unspecified atom stereocenters. The first kappa shape index (κ1) is 17.0. The molecule has 1 aromatic heterocycles. The molecule has 0 saturated heterocycles. The first-order valence-electron chi connectivity index (χ1n) is 6.16. The van der Waals surface area contributed by atoms with Crippen molar-refractivity contribution in [3.63, 3.8) is 0 Å². The van der Waals surface area contributed by atoms with Gasteiger partial charge in [0.25, 0.3) is 9.05 Å². The molecule has 1 rings (SSSR count). The van der Waals surface area contributed by atoms with Crippen molar-refractivity contribution in [2.75, 3.05) is 19.8 Å². The Kier molecular flexibility index (Phi) is 6.51. The van der Waals surface area contributed by atoms with Gasteiger partial charge in [-0.05, 0) is 13.3 Å². The van der Waals surface area contributed by atoms with E-state index in [0.29, 0.717) is 6.61 Å². The number of aryl methyl sites for hydroxylation is 1. The van der Waals surface area contributed by atoms with Crippen LogP contribution in [-0.2, 0) is 18.5 Å². The Hall–Kier alpha value is -1.05. The zero-order chi connectivity index (χ0) is 15.2. The SMILES string of the molecule is CCCCOCCOC(=O)c1cc(S(=O)(=O)Cl)c(C)o1. The fraction of sp³-hybridized carbons (Fsp3) is 0.583. The molecule has 0 saturated carbocycles. The molecule has 8 heteroatoms. The lowest BCUT2D eigenvalue weighted by atomic mass is 10.4. The van der Waals surface area contributed by atoms with Crippen molar-refractivity contribution < 1.29 is 27.1 Å². The van der Waals surface area contributed by atoms with Crippen molar-refractivity contribution >= 4 is 25.7 Å². The summed E-state index contributed by atoms with van der Waals surface area (Å²) >= 11 is 0. The molecule has 0 aliphatic rings. The highest BCUT2D eigenvalue weighted by Crippen LogP contribution is 2.23. The molecule has 1 aromatic rings. The summed E-state index contributed by atoms with van der Waals surface area (Å²) in [5.41, 5.74) is 0. The van der Waals surface area contributed by atoms with E-state index < -0.39 is 15.0 Å². The van der Waals surface area contributed by atoms with Crippen LogP contribution in [0.25, 0.3) is 0 Å². The molecule has 0 atom stereocenters. The maximum absolute atomic E-state index is 11.6. The summed E-state index contributed by atoms with van der Waals surface area (Å²) in [5, 5.41) is 0. The molecule has 20 heavy (non-hydrogen) atoms. The quantitative estimate of drug-likeness (QED) is 0.415. The van der Waals surface area contributed by atoms with Crippen LogP contribution in [0.5, 0.6) is 0 Å². The number of unbranched alkanes of at least 4 members (excludes halogenated alkanes) is 1. The van der Waals surface area contributed by atoms with Gasteiger partial charge in [0.15, 0.2) is 0 Å². The standard InChI is InChI=1S/C12H17ClO6S/c1-3-4-5-17-6-7-18-12(14)10-8-11(9(2)19-10)20(13,15)16/h8H,3-7H2,1-2H3. The predicted molar refractivity (Wildman–Crippen MR) is 72.5 cm³/mol. The van der Waals surface area contributed by atoms with E-state index in [1.807, 2.05) is 6.92 Å². The van der Waals surface area contributed by atoms with Crippen LogP contribution < -0.4 is 0 Å². The van der Waals surface area contributed by atoms with E-state index in [4.69, 9.17) is 24.6 Å². The van der Waals surface area contributed by atoms with Gasteiger partial charge in [0.1, 0.15) is 17.3 Å². The molecule has 0 radical (unpaired) electrons. The molecule has 0 N–H and O–H groups in total. The van der Waals surface area contributed by atoms with E-state index in [-0.39, 0.29) is 29.6 Å². The molecule has 0 aromatic carbocycles. The van der Waals surface area contributed by atoms with Gasteiger partial charge in [-0.2, -0.15) is 0 Å². The van der Waals surface area contributed by atoms with Crippen LogP contribution >= 0.6 is 10.7 Å². The minimum absolute atomic E-state index is 0.0474. The van der Waals surface area contributed by atoms with Gasteiger partial charge < -0.3 is 13.9 Å². The van der Waals surface area contributed by atoms with Crippen molar-refractivity contribution in [3.05, 3.63) is 17.6 Å². The first-order chi connectivity index (χ1) is 9.36. The second-order valence-corrected chi connectivity index (χ2v) is 6.61. The lowest BCUT2D eigenvalue weighted by Crippen LogP contribution is -2.10. The van der Waals surface area contributed by atoms with E-state index in [2.05, 4.69) is 0 Å². The van der Waals surface area contributed by atoms with Crippen LogP contribution in [0.3, 0.4) is 0 Å².